The molecular formula is C12H14O4. The van der Waals surface area contributed by atoms with Gasteiger partial charge in [-0.1, -0.05) is 12.7 Å². The van der Waals surface area contributed by atoms with Gasteiger partial charge in [0, 0.05) is 5.57 Å². The second-order valence-corrected chi connectivity index (χ2v) is 3.33. The van der Waals surface area contributed by atoms with Crippen molar-refractivity contribution in [3.8, 4) is 0 Å². The van der Waals surface area contributed by atoms with E-state index in [1.165, 1.54) is 0 Å². The molecule has 1 rings (SSSR count). The SMILES string of the molecule is C=C(C)C(=O)OC1C=CC=C1C(=O)OCC. The van der Waals surface area contributed by atoms with E-state index in [2.05, 4.69) is 6.58 Å². The molecule has 0 spiro atoms. The summed E-state index contributed by atoms with van der Waals surface area (Å²) in [6.07, 6.45) is 4.19. The smallest absolute Gasteiger partial charge is 0.338 e. The van der Waals surface area contributed by atoms with Crippen LogP contribution in [-0.4, -0.2) is 24.6 Å². The molecule has 1 aliphatic carbocycles. The molecule has 0 saturated heterocycles. The fourth-order valence-electron chi connectivity index (χ4n) is 1.18. The number of esters is 2. The van der Waals surface area contributed by atoms with Crippen LogP contribution in [-0.2, 0) is 19.1 Å². The molecule has 0 fully saturated rings. The fourth-order valence-corrected chi connectivity index (χ4v) is 1.18. The van der Waals surface area contributed by atoms with Crippen molar-refractivity contribution >= 4 is 11.9 Å². The minimum atomic E-state index is -0.664. The van der Waals surface area contributed by atoms with E-state index in [0.717, 1.165) is 0 Å². The van der Waals surface area contributed by atoms with Crippen LogP contribution in [0.5, 0.6) is 0 Å². The van der Waals surface area contributed by atoms with E-state index in [1.807, 2.05) is 0 Å². The Morgan fingerprint density at radius 2 is 2.19 bits per heavy atom. The summed E-state index contributed by atoms with van der Waals surface area (Å²) in [5.41, 5.74) is 0.625. The van der Waals surface area contributed by atoms with Gasteiger partial charge >= 0.3 is 11.9 Å². The Labute approximate surface area is 94.2 Å². The summed E-state index contributed by atoms with van der Waals surface area (Å²) >= 11 is 0. The zero-order chi connectivity index (χ0) is 12.1. The molecule has 0 bridgehead atoms. The highest BCUT2D eigenvalue weighted by Crippen LogP contribution is 2.18. The quantitative estimate of drug-likeness (QED) is 0.534. The van der Waals surface area contributed by atoms with Crippen molar-refractivity contribution in [2.24, 2.45) is 0 Å². The van der Waals surface area contributed by atoms with E-state index in [9.17, 15) is 9.59 Å². The first kappa shape index (κ1) is 12.2. The first-order valence-corrected chi connectivity index (χ1v) is 4.98. The molecule has 4 nitrogen and oxygen atoms in total. The third-order valence-electron chi connectivity index (χ3n) is 1.96. The number of carbonyl (C=O) groups excluding carboxylic acids is 2. The second kappa shape index (κ2) is 5.30. The van der Waals surface area contributed by atoms with Gasteiger partial charge in [0.25, 0.3) is 0 Å². The molecule has 16 heavy (non-hydrogen) atoms. The Hall–Kier alpha value is -1.84. The maximum atomic E-state index is 11.5. The van der Waals surface area contributed by atoms with Gasteiger partial charge in [-0.15, -0.1) is 0 Å². The number of ether oxygens (including phenoxy) is 2. The Balaban J connectivity index is 2.65. The van der Waals surface area contributed by atoms with Gasteiger partial charge in [-0.25, -0.2) is 9.59 Å². The molecule has 0 aromatic carbocycles. The lowest BCUT2D eigenvalue weighted by molar-refractivity contribution is -0.144. The minimum absolute atomic E-state index is 0.289. The molecule has 0 radical (unpaired) electrons. The van der Waals surface area contributed by atoms with E-state index < -0.39 is 18.0 Å². The molecule has 0 aromatic rings. The first-order chi connectivity index (χ1) is 7.56. The molecule has 0 amide bonds. The van der Waals surface area contributed by atoms with Crippen LogP contribution in [0.25, 0.3) is 0 Å². The summed E-state index contributed by atoms with van der Waals surface area (Å²) in [7, 11) is 0. The highest BCUT2D eigenvalue weighted by atomic mass is 16.6. The molecule has 86 valence electrons. The molecule has 0 N–H and O–H groups in total. The van der Waals surface area contributed by atoms with Gasteiger partial charge in [0.2, 0.25) is 0 Å². The van der Waals surface area contributed by atoms with Crippen LogP contribution in [0.4, 0.5) is 0 Å². The Kier molecular flexibility index (Phi) is 4.05. The Bertz CT molecular complexity index is 376. The topological polar surface area (TPSA) is 52.6 Å². The van der Waals surface area contributed by atoms with E-state index in [4.69, 9.17) is 9.47 Å². The average Bonchev–Trinajstić information content (AvgIpc) is 2.66. The molecular weight excluding hydrogens is 208 g/mol. The third kappa shape index (κ3) is 2.82. The lowest BCUT2D eigenvalue weighted by Crippen LogP contribution is -2.23. The van der Waals surface area contributed by atoms with Crippen molar-refractivity contribution in [1.29, 1.82) is 0 Å². The molecule has 1 unspecified atom stereocenters. The van der Waals surface area contributed by atoms with Gasteiger partial charge in [0.05, 0.1) is 12.2 Å². The van der Waals surface area contributed by atoms with E-state index >= 15 is 0 Å². The van der Waals surface area contributed by atoms with E-state index in [1.54, 1.807) is 32.1 Å². The van der Waals surface area contributed by atoms with Crippen LogP contribution in [0.15, 0.2) is 36.0 Å². The third-order valence-corrected chi connectivity index (χ3v) is 1.96. The average molecular weight is 222 g/mol. The molecule has 0 heterocycles. The molecule has 0 saturated carbocycles. The van der Waals surface area contributed by atoms with Gasteiger partial charge < -0.3 is 9.47 Å². The number of hydrogen-bond acceptors (Lipinski definition) is 4. The van der Waals surface area contributed by atoms with Crippen LogP contribution in [0, 0.1) is 0 Å². The molecule has 0 aromatic heterocycles. The van der Waals surface area contributed by atoms with Gasteiger partial charge in [-0.3, -0.25) is 0 Å². The van der Waals surface area contributed by atoms with Crippen molar-refractivity contribution in [3.05, 3.63) is 36.0 Å². The van der Waals surface area contributed by atoms with Crippen molar-refractivity contribution in [2.75, 3.05) is 6.61 Å². The fraction of sp³-hybridized carbons (Fsp3) is 0.333. The van der Waals surface area contributed by atoms with Crippen LogP contribution in [0.2, 0.25) is 0 Å². The Morgan fingerprint density at radius 1 is 1.50 bits per heavy atom. The standard InChI is InChI=1S/C12H14O4/c1-4-15-12(14)9-6-5-7-10(9)16-11(13)8(2)3/h5-7,10H,2,4H2,1,3H3. The summed E-state index contributed by atoms with van der Waals surface area (Å²) in [4.78, 5) is 22.8. The van der Waals surface area contributed by atoms with Crippen LogP contribution < -0.4 is 0 Å². The lowest BCUT2D eigenvalue weighted by Gasteiger charge is -2.13. The van der Waals surface area contributed by atoms with E-state index in [0.29, 0.717) is 11.1 Å². The predicted molar refractivity (Wildman–Crippen MR) is 58.6 cm³/mol. The zero-order valence-corrected chi connectivity index (χ0v) is 9.36. The van der Waals surface area contributed by atoms with Crippen LogP contribution in [0.3, 0.4) is 0 Å². The van der Waals surface area contributed by atoms with E-state index in [-0.39, 0.29) is 6.61 Å². The molecule has 0 aliphatic heterocycles. The molecule has 1 atom stereocenters. The second-order valence-electron chi connectivity index (χ2n) is 3.33. The summed E-state index contributed by atoms with van der Waals surface area (Å²) in [5.74, 6) is -0.987. The lowest BCUT2D eigenvalue weighted by atomic mass is 10.2. The monoisotopic (exact) mass is 222 g/mol. The zero-order valence-electron chi connectivity index (χ0n) is 9.36. The van der Waals surface area contributed by atoms with Gasteiger partial charge in [-0.2, -0.15) is 0 Å². The highest BCUT2D eigenvalue weighted by molar-refractivity contribution is 5.93. The summed E-state index contributed by atoms with van der Waals surface area (Å²) in [5, 5.41) is 0. The van der Waals surface area contributed by atoms with Crippen LogP contribution >= 0.6 is 0 Å². The number of carbonyl (C=O) groups is 2. The predicted octanol–water partition coefficient (Wildman–Crippen LogP) is 1.53. The number of rotatable bonds is 4. The first-order valence-electron chi connectivity index (χ1n) is 4.98. The maximum absolute atomic E-state index is 11.5. The summed E-state index contributed by atoms with van der Waals surface area (Å²) in [6.45, 7) is 7.03. The van der Waals surface area contributed by atoms with Crippen molar-refractivity contribution in [2.45, 2.75) is 20.0 Å². The van der Waals surface area contributed by atoms with Crippen molar-refractivity contribution < 1.29 is 19.1 Å². The summed E-state index contributed by atoms with van der Waals surface area (Å²) in [6, 6.07) is 0. The van der Waals surface area contributed by atoms with Crippen molar-refractivity contribution in [3.63, 3.8) is 0 Å². The minimum Gasteiger partial charge on any atom is -0.463 e. The normalized spacial score (nSPS) is 17.9. The summed E-state index contributed by atoms with van der Waals surface area (Å²) < 4.78 is 9.90. The van der Waals surface area contributed by atoms with Gasteiger partial charge in [0.15, 0.2) is 6.10 Å². The van der Waals surface area contributed by atoms with Gasteiger partial charge in [-0.05, 0) is 26.0 Å². The number of hydrogen-bond donors (Lipinski definition) is 0. The van der Waals surface area contributed by atoms with Crippen LogP contribution in [0.1, 0.15) is 13.8 Å². The molecule has 4 heteroatoms. The molecule has 1 aliphatic rings. The van der Waals surface area contributed by atoms with Crippen molar-refractivity contribution in [1.82, 2.24) is 0 Å². The highest BCUT2D eigenvalue weighted by Gasteiger charge is 2.25. The largest absolute Gasteiger partial charge is 0.463 e. The maximum Gasteiger partial charge on any atom is 0.338 e. The van der Waals surface area contributed by atoms with Gasteiger partial charge in [0.1, 0.15) is 0 Å². The Morgan fingerprint density at radius 3 is 2.75 bits per heavy atom. The number of allylic oxidation sites excluding steroid dienone is 2.